The summed E-state index contributed by atoms with van der Waals surface area (Å²) in [5.74, 6) is 1.66. The van der Waals surface area contributed by atoms with Crippen LogP contribution >= 0.6 is 0 Å². The van der Waals surface area contributed by atoms with Crippen LogP contribution in [0.1, 0.15) is 41.0 Å². The Hall–Kier alpha value is -0.530. The quantitative estimate of drug-likeness (QED) is 0.700. The van der Waals surface area contributed by atoms with Crippen molar-refractivity contribution in [3.8, 4) is 0 Å². The summed E-state index contributed by atoms with van der Waals surface area (Å²) in [6, 6.07) is 0. The molecular formula is C11H23NO. The van der Waals surface area contributed by atoms with Crippen molar-refractivity contribution in [3.05, 3.63) is 0 Å². The SMILES string of the molecule is CC(C)C(=O)NCCC(C)C(C)C. The number of hydrogen-bond donors (Lipinski definition) is 1. The third kappa shape index (κ3) is 5.67. The molecule has 1 unspecified atom stereocenters. The fourth-order valence-electron chi connectivity index (χ4n) is 0.960. The number of carbonyl (C=O) groups excluding carboxylic acids is 1. The molecule has 1 N–H and O–H groups in total. The average Bonchev–Trinajstić information content (AvgIpc) is 2.03. The van der Waals surface area contributed by atoms with Crippen LogP contribution in [0.25, 0.3) is 0 Å². The molecule has 0 aromatic rings. The van der Waals surface area contributed by atoms with Crippen LogP contribution in [-0.4, -0.2) is 12.5 Å². The van der Waals surface area contributed by atoms with Gasteiger partial charge in [-0.1, -0.05) is 34.6 Å². The first-order valence-corrected chi connectivity index (χ1v) is 5.22. The molecule has 0 bridgehead atoms. The van der Waals surface area contributed by atoms with Crippen molar-refractivity contribution in [2.75, 3.05) is 6.54 Å². The summed E-state index contributed by atoms with van der Waals surface area (Å²) in [5, 5.41) is 2.93. The van der Waals surface area contributed by atoms with Crippen LogP contribution in [0.5, 0.6) is 0 Å². The molecule has 0 heterocycles. The highest BCUT2D eigenvalue weighted by Gasteiger charge is 2.09. The summed E-state index contributed by atoms with van der Waals surface area (Å²) in [6.07, 6.45) is 1.08. The third-order valence-electron chi connectivity index (χ3n) is 2.56. The molecule has 1 atom stereocenters. The van der Waals surface area contributed by atoms with Gasteiger partial charge in [0.15, 0.2) is 0 Å². The van der Waals surface area contributed by atoms with Gasteiger partial charge in [-0.25, -0.2) is 0 Å². The first-order chi connectivity index (χ1) is 5.95. The monoisotopic (exact) mass is 185 g/mol. The minimum Gasteiger partial charge on any atom is -0.356 e. The largest absolute Gasteiger partial charge is 0.356 e. The van der Waals surface area contributed by atoms with Crippen LogP contribution in [0, 0.1) is 17.8 Å². The van der Waals surface area contributed by atoms with Crippen LogP contribution in [0.15, 0.2) is 0 Å². The molecule has 0 aliphatic rings. The van der Waals surface area contributed by atoms with Gasteiger partial charge < -0.3 is 5.32 Å². The molecule has 0 rings (SSSR count). The maximum atomic E-state index is 11.2. The molecule has 13 heavy (non-hydrogen) atoms. The predicted octanol–water partition coefficient (Wildman–Crippen LogP) is 2.44. The van der Waals surface area contributed by atoms with Gasteiger partial charge in [0.05, 0.1) is 0 Å². The van der Waals surface area contributed by atoms with E-state index < -0.39 is 0 Å². The van der Waals surface area contributed by atoms with E-state index in [0.717, 1.165) is 13.0 Å². The zero-order valence-electron chi connectivity index (χ0n) is 9.55. The van der Waals surface area contributed by atoms with E-state index >= 15 is 0 Å². The highest BCUT2D eigenvalue weighted by molar-refractivity contribution is 5.77. The van der Waals surface area contributed by atoms with E-state index in [-0.39, 0.29) is 11.8 Å². The summed E-state index contributed by atoms with van der Waals surface area (Å²) < 4.78 is 0. The van der Waals surface area contributed by atoms with Crippen LogP contribution in [0.2, 0.25) is 0 Å². The molecule has 0 aliphatic carbocycles. The zero-order valence-corrected chi connectivity index (χ0v) is 9.55. The van der Waals surface area contributed by atoms with E-state index in [1.807, 2.05) is 13.8 Å². The average molecular weight is 185 g/mol. The lowest BCUT2D eigenvalue weighted by Crippen LogP contribution is -2.29. The smallest absolute Gasteiger partial charge is 0.222 e. The molecule has 0 fully saturated rings. The van der Waals surface area contributed by atoms with E-state index in [1.54, 1.807) is 0 Å². The van der Waals surface area contributed by atoms with E-state index in [1.165, 1.54) is 0 Å². The van der Waals surface area contributed by atoms with Gasteiger partial charge >= 0.3 is 0 Å². The second-order valence-electron chi connectivity index (χ2n) is 4.46. The van der Waals surface area contributed by atoms with Gasteiger partial charge in [-0.2, -0.15) is 0 Å². The minimum atomic E-state index is 0.106. The Balaban J connectivity index is 3.51. The lowest BCUT2D eigenvalue weighted by Gasteiger charge is -2.15. The molecule has 0 saturated carbocycles. The van der Waals surface area contributed by atoms with Gasteiger partial charge in [0.2, 0.25) is 5.91 Å². The van der Waals surface area contributed by atoms with Crippen molar-refractivity contribution >= 4 is 5.91 Å². The molecule has 0 aromatic carbocycles. The number of amides is 1. The summed E-state index contributed by atoms with van der Waals surface area (Å²) in [4.78, 5) is 11.2. The zero-order chi connectivity index (χ0) is 10.4. The Labute approximate surface area is 82.1 Å². The van der Waals surface area contributed by atoms with Crippen LogP contribution in [0.4, 0.5) is 0 Å². The topological polar surface area (TPSA) is 29.1 Å². The van der Waals surface area contributed by atoms with Crippen molar-refractivity contribution in [1.29, 1.82) is 0 Å². The van der Waals surface area contributed by atoms with Crippen molar-refractivity contribution in [2.45, 2.75) is 41.0 Å². The Morgan fingerprint density at radius 2 is 1.69 bits per heavy atom. The number of nitrogens with one attached hydrogen (secondary N) is 1. The van der Waals surface area contributed by atoms with Gasteiger partial charge in [-0.3, -0.25) is 4.79 Å². The van der Waals surface area contributed by atoms with Gasteiger partial charge in [0.1, 0.15) is 0 Å². The Morgan fingerprint density at radius 1 is 1.15 bits per heavy atom. The number of hydrogen-bond acceptors (Lipinski definition) is 1. The lowest BCUT2D eigenvalue weighted by atomic mass is 9.95. The van der Waals surface area contributed by atoms with E-state index in [9.17, 15) is 4.79 Å². The maximum Gasteiger partial charge on any atom is 0.222 e. The first kappa shape index (κ1) is 12.5. The molecule has 0 aromatic heterocycles. The van der Waals surface area contributed by atoms with Crippen LogP contribution in [0.3, 0.4) is 0 Å². The van der Waals surface area contributed by atoms with Gasteiger partial charge in [-0.05, 0) is 18.3 Å². The molecule has 2 nitrogen and oxygen atoms in total. The lowest BCUT2D eigenvalue weighted by molar-refractivity contribution is -0.124. The molecule has 0 spiro atoms. The molecule has 1 amide bonds. The Kier molecular flexibility index (Phi) is 5.76. The van der Waals surface area contributed by atoms with Gasteiger partial charge in [-0.15, -0.1) is 0 Å². The molecule has 2 heteroatoms. The predicted molar refractivity (Wildman–Crippen MR) is 56.5 cm³/mol. The molecule has 78 valence electrons. The van der Waals surface area contributed by atoms with Crippen molar-refractivity contribution in [2.24, 2.45) is 17.8 Å². The number of carbonyl (C=O) groups is 1. The Morgan fingerprint density at radius 3 is 2.08 bits per heavy atom. The fourth-order valence-corrected chi connectivity index (χ4v) is 0.960. The molecule has 0 saturated heterocycles. The van der Waals surface area contributed by atoms with Crippen molar-refractivity contribution < 1.29 is 4.79 Å². The summed E-state index contributed by atoms with van der Waals surface area (Å²) in [6.45, 7) is 11.3. The maximum absolute atomic E-state index is 11.2. The second kappa shape index (κ2) is 6.01. The number of rotatable bonds is 5. The summed E-state index contributed by atoms with van der Waals surface area (Å²) in [7, 11) is 0. The fraction of sp³-hybridized carbons (Fsp3) is 0.909. The van der Waals surface area contributed by atoms with Crippen LogP contribution in [-0.2, 0) is 4.79 Å². The molecule has 0 aliphatic heterocycles. The first-order valence-electron chi connectivity index (χ1n) is 5.22. The minimum absolute atomic E-state index is 0.106. The highest BCUT2D eigenvalue weighted by Crippen LogP contribution is 2.12. The van der Waals surface area contributed by atoms with E-state index in [2.05, 4.69) is 26.1 Å². The second-order valence-corrected chi connectivity index (χ2v) is 4.46. The molecule has 0 radical (unpaired) electrons. The molecular weight excluding hydrogens is 162 g/mol. The highest BCUT2D eigenvalue weighted by atomic mass is 16.1. The van der Waals surface area contributed by atoms with Crippen molar-refractivity contribution in [1.82, 2.24) is 5.32 Å². The summed E-state index contributed by atoms with van der Waals surface area (Å²) >= 11 is 0. The normalized spacial score (nSPS) is 13.5. The van der Waals surface area contributed by atoms with Crippen LogP contribution < -0.4 is 5.32 Å². The van der Waals surface area contributed by atoms with E-state index in [0.29, 0.717) is 11.8 Å². The third-order valence-corrected chi connectivity index (χ3v) is 2.56. The summed E-state index contributed by atoms with van der Waals surface area (Å²) in [5.41, 5.74) is 0. The standard InChI is InChI=1S/C11H23NO/c1-8(2)10(5)6-7-12-11(13)9(3)4/h8-10H,6-7H2,1-5H3,(H,12,13). The van der Waals surface area contributed by atoms with Gasteiger partial charge in [0.25, 0.3) is 0 Å². The Bertz CT molecular complexity index is 152. The van der Waals surface area contributed by atoms with Gasteiger partial charge in [0, 0.05) is 12.5 Å². The van der Waals surface area contributed by atoms with E-state index in [4.69, 9.17) is 0 Å². The van der Waals surface area contributed by atoms with Crippen molar-refractivity contribution in [3.63, 3.8) is 0 Å².